The van der Waals surface area contributed by atoms with Gasteiger partial charge in [0.15, 0.2) is 0 Å². The first-order valence-corrected chi connectivity index (χ1v) is 6.15. The number of hydrogen-bond acceptors (Lipinski definition) is 5. The smallest absolute Gasteiger partial charge is 0.269 e. The number of benzene rings is 1. The van der Waals surface area contributed by atoms with E-state index in [-0.39, 0.29) is 23.2 Å². The van der Waals surface area contributed by atoms with Gasteiger partial charge >= 0.3 is 0 Å². The average Bonchev–Trinajstić information content (AvgIpc) is 2.76. The maximum absolute atomic E-state index is 10.6. The van der Waals surface area contributed by atoms with Gasteiger partial charge in [0.1, 0.15) is 0 Å². The molecule has 0 saturated carbocycles. The summed E-state index contributed by atoms with van der Waals surface area (Å²) in [6, 6.07) is 6.33. The van der Waals surface area contributed by atoms with E-state index in [1.807, 2.05) is 0 Å². The highest BCUT2D eigenvalue weighted by atomic mass is 16.6. The van der Waals surface area contributed by atoms with E-state index in [2.05, 4.69) is 4.90 Å². The molecule has 19 heavy (non-hydrogen) atoms. The van der Waals surface area contributed by atoms with Crippen LogP contribution in [-0.2, 0) is 6.54 Å². The number of nitro groups is 2. The Morgan fingerprint density at radius 2 is 1.89 bits per heavy atom. The third-order valence-corrected chi connectivity index (χ3v) is 3.39. The van der Waals surface area contributed by atoms with Gasteiger partial charge in [-0.1, -0.05) is 12.1 Å². The van der Waals surface area contributed by atoms with Crippen molar-refractivity contribution in [3.8, 4) is 0 Å². The van der Waals surface area contributed by atoms with Gasteiger partial charge in [0.2, 0.25) is 6.54 Å². The van der Waals surface area contributed by atoms with Gasteiger partial charge in [-0.25, -0.2) is 0 Å². The van der Waals surface area contributed by atoms with Gasteiger partial charge in [-0.15, -0.1) is 0 Å². The predicted molar refractivity (Wildman–Crippen MR) is 68.4 cm³/mol. The average molecular weight is 265 g/mol. The van der Waals surface area contributed by atoms with Gasteiger partial charge in [0.05, 0.1) is 11.0 Å². The Morgan fingerprint density at radius 1 is 1.21 bits per heavy atom. The third-order valence-electron chi connectivity index (χ3n) is 3.39. The highest BCUT2D eigenvalue weighted by Gasteiger charge is 2.28. The Kier molecular flexibility index (Phi) is 4.06. The monoisotopic (exact) mass is 265 g/mol. The predicted octanol–water partition coefficient (Wildman–Crippen LogP) is 1.84. The lowest BCUT2D eigenvalue weighted by molar-refractivity contribution is -0.486. The van der Waals surface area contributed by atoms with Gasteiger partial charge < -0.3 is 0 Å². The Labute approximate surface area is 110 Å². The fourth-order valence-electron chi connectivity index (χ4n) is 2.44. The molecule has 0 aromatic heterocycles. The zero-order valence-electron chi connectivity index (χ0n) is 10.4. The molecule has 1 aromatic rings. The quantitative estimate of drug-likeness (QED) is 0.598. The summed E-state index contributed by atoms with van der Waals surface area (Å²) in [7, 11) is 0. The summed E-state index contributed by atoms with van der Waals surface area (Å²) < 4.78 is 0. The molecule has 1 saturated heterocycles. The molecule has 102 valence electrons. The molecule has 0 amide bonds. The maximum Gasteiger partial charge on any atom is 0.269 e. The van der Waals surface area contributed by atoms with E-state index in [0.29, 0.717) is 6.54 Å². The molecule has 2 rings (SSSR count). The van der Waals surface area contributed by atoms with Crippen molar-refractivity contribution in [1.29, 1.82) is 0 Å². The summed E-state index contributed by atoms with van der Waals surface area (Å²) in [6.07, 6.45) is 1.81. The molecule has 7 nitrogen and oxygen atoms in total. The standard InChI is InChI=1S/C12H15N3O4/c16-14(17)9-12-2-1-7-13(12)8-10-3-5-11(6-4-10)15(18)19/h3-6,12H,1-2,7-9H2. The lowest BCUT2D eigenvalue weighted by Gasteiger charge is -2.21. The van der Waals surface area contributed by atoms with Gasteiger partial charge in [-0.3, -0.25) is 25.1 Å². The maximum atomic E-state index is 10.6. The molecule has 1 unspecified atom stereocenters. The number of nitro benzene ring substituents is 1. The minimum atomic E-state index is -0.435. The van der Waals surface area contributed by atoms with Crippen LogP contribution in [0.3, 0.4) is 0 Å². The summed E-state index contributed by atoms with van der Waals surface area (Å²) in [5.74, 6) is 0. The van der Waals surface area contributed by atoms with Crippen LogP contribution < -0.4 is 0 Å². The molecule has 0 aliphatic carbocycles. The molecule has 0 bridgehead atoms. The molecule has 0 spiro atoms. The molecule has 1 aromatic carbocycles. The molecule has 7 heteroatoms. The summed E-state index contributed by atoms with van der Waals surface area (Å²) in [5.41, 5.74) is 1.01. The van der Waals surface area contributed by atoms with Crippen LogP contribution in [0.25, 0.3) is 0 Å². The van der Waals surface area contributed by atoms with Crippen molar-refractivity contribution in [2.24, 2.45) is 0 Å². The first kappa shape index (κ1) is 13.4. The van der Waals surface area contributed by atoms with Gasteiger partial charge in [0, 0.05) is 23.6 Å². The first-order valence-electron chi connectivity index (χ1n) is 6.15. The lowest BCUT2D eigenvalue weighted by atomic mass is 10.1. The van der Waals surface area contributed by atoms with Crippen LogP contribution in [0.4, 0.5) is 5.69 Å². The highest BCUT2D eigenvalue weighted by Crippen LogP contribution is 2.21. The summed E-state index contributed by atoms with van der Waals surface area (Å²) in [6.45, 7) is 1.42. The molecule has 1 fully saturated rings. The van der Waals surface area contributed by atoms with Crippen LogP contribution in [0, 0.1) is 20.2 Å². The molecule has 0 N–H and O–H groups in total. The van der Waals surface area contributed by atoms with Crippen molar-refractivity contribution in [3.05, 3.63) is 50.1 Å². The number of likely N-dealkylation sites (tertiary alicyclic amines) is 1. The van der Waals surface area contributed by atoms with Gasteiger partial charge in [0.25, 0.3) is 5.69 Å². The van der Waals surface area contributed by atoms with Crippen molar-refractivity contribution in [2.75, 3.05) is 13.1 Å². The minimum Gasteiger partial charge on any atom is -0.290 e. The van der Waals surface area contributed by atoms with Crippen LogP contribution >= 0.6 is 0 Å². The molecule has 1 atom stereocenters. The second-order valence-electron chi connectivity index (χ2n) is 4.71. The summed E-state index contributed by atoms with van der Waals surface area (Å²) in [4.78, 5) is 22.5. The van der Waals surface area contributed by atoms with E-state index in [1.54, 1.807) is 12.1 Å². The first-order chi connectivity index (χ1) is 9.06. The zero-order chi connectivity index (χ0) is 13.8. The fourth-order valence-corrected chi connectivity index (χ4v) is 2.44. The van der Waals surface area contributed by atoms with Crippen LogP contribution in [0.2, 0.25) is 0 Å². The molecular formula is C12H15N3O4. The van der Waals surface area contributed by atoms with Crippen LogP contribution in [0.1, 0.15) is 18.4 Å². The lowest BCUT2D eigenvalue weighted by Crippen LogP contribution is -2.34. The molecule has 0 radical (unpaired) electrons. The summed E-state index contributed by atoms with van der Waals surface area (Å²) >= 11 is 0. The van der Waals surface area contributed by atoms with Crippen molar-refractivity contribution >= 4 is 5.69 Å². The summed E-state index contributed by atoms with van der Waals surface area (Å²) in [5, 5.41) is 21.1. The topological polar surface area (TPSA) is 89.5 Å². The van der Waals surface area contributed by atoms with Gasteiger partial charge in [-0.05, 0) is 24.9 Å². The van der Waals surface area contributed by atoms with E-state index in [9.17, 15) is 20.2 Å². The largest absolute Gasteiger partial charge is 0.290 e. The number of non-ortho nitro benzene ring substituents is 1. The minimum absolute atomic E-state index is 0.0230. The van der Waals surface area contributed by atoms with E-state index in [0.717, 1.165) is 24.9 Å². The Hall–Kier alpha value is -2.02. The SMILES string of the molecule is O=[N+]([O-])CC1CCCN1Cc1ccc([N+](=O)[O-])cc1. The van der Waals surface area contributed by atoms with E-state index >= 15 is 0 Å². The second-order valence-corrected chi connectivity index (χ2v) is 4.71. The zero-order valence-corrected chi connectivity index (χ0v) is 10.4. The number of rotatable bonds is 5. The molecular weight excluding hydrogens is 250 g/mol. The molecule has 1 aliphatic rings. The van der Waals surface area contributed by atoms with Crippen LogP contribution in [0.5, 0.6) is 0 Å². The van der Waals surface area contributed by atoms with Crippen LogP contribution in [-0.4, -0.2) is 33.9 Å². The van der Waals surface area contributed by atoms with Crippen molar-refractivity contribution in [3.63, 3.8) is 0 Å². The van der Waals surface area contributed by atoms with Crippen molar-refractivity contribution < 1.29 is 9.85 Å². The molecule has 1 heterocycles. The number of hydrogen-bond donors (Lipinski definition) is 0. The van der Waals surface area contributed by atoms with Crippen molar-refractivity contribution in [2.45, 2.75) is 25.4 Å². The third kappa shape index (κ3) is 3.47. The molecule has 1 aliphatic heterocycles. The highest BCUT2D eigenvalue weighted by molar-refractivity contribution is 5.32. The van der Waals surface area contributed by atoms with Crippen LogP contribution in [0.15, 0.2) is 24.3 Å². The normalized spacial score (nSPS) is 19.5. The Bertz CT molecular complexity index is 474. The van der Waals surface area contributed by atoms with E-state index in [4.69, 9.17) is 0 Å². The Morgan fingerprint density at radius 3 is 2.47 bits per heavy atom. The van der Waals surface area contributed by atoms with E-state index < -0.39 is 4.92 Å². The second kappa shape index (κ2) is 5.75. The number of nitrogens with zero attached hydrogens (tertiary/aromatic N) is 3. The van der Waals surface area contributed by atoms with Gasteiger partial charge in [-0.2, -0.15) is 0 Å². The Balaban J connectivity index is 1.99. The van der Waals surface area contributed by atoms with Crippen molar-refractivity contribution in [1.82, 2.24) is 4.90 Å². The fraction of sp³-hybridized carbons (Fsp3) is 0.500. The van der Waals surface area contributed by atoms with E-state index in [1.165, 1.54) is 12.1 Å².